The molecule has 0 aromatic carbocycles. The van der Waals surface area contributed by atoms with Crippen molar-refractivity contribution in [1.29, 1.82) is 0 Å². The van der Waals surface area contributed by atoms with Gasteiger partial charge in [-0.2, -0.15) is 5.10 Å². The molecule has 0 saturated heterocycles. The lowest BCUT2D eigenvalue weighted by atomic mass is 10.1. The molecule has 4 nitrogen and oxygen atoms in total. The summed E-state index contributed by atoms with van der Waals surface area (Å²) in [5, 5.41) is 4.45. The van der Waals surface area contributed by atoms with Crippen molar-refractivity contribution in [3.8, 4) is 0 Å². The molecule has 0 spiro atoms. The molecule has 0 fully saturated rings. The molecule has 0 bridgehead atoms. The van der Waals surface area contributed by atoms with E-state index in [1.54, 1.807) is 11.3 Å². The van der Waals surface area contributed by atoms with Crippen molar-refractivity contribution in [3.63, 3.8) is 0 Å². The second kappa shape index (κ2) is 4.58. The molecule has 0 amide bonds. The number of thiophene rings is 1. The Hall–Kier alpha value is -1.20. The van der Waals surface area contributed by atoms with Crippen LogP contribution in [-0.4, -0.2) is 20.8 Å². The van der Waals surface area contributed by atoms with Crippen molar-refractivity contribution in [3.05, 3.63) is 33.5 Å². The molecule has 5 heteroatoms. The highest BCUT2D eigenvalue weighted by Gasteiger charge is 2.23. The number of nitrogens with two attached hydrogens (primary N) is 1. The number of nitrogens with zero attached hydrogens (tertiary/aromatic N) is 3. The third-order valence-electron chi connectivity index (χ3n) is 2.72. The van der Waals surface area contributed by atoms with Gasteiger partial charge >= 0.3 is 0 Å². The molecule has 0 aliphatic carbocycles. The van der Waals surface area contributed by atoms with Gasteiger partial charge in [-0.15, -0.1) is 11.3 Å². The second-order valence-electron chi connectivity index (χ2n) is 4.40. The van der Waals surface area contributed by atoms with Gasteiger partial charge in [0, 0.05) is 15.8 Å². The lowest BCUT2D eigenvalue weighted by Gasteiger charge is -2.20. The van der Waals surface area contributed by atoms with Crippen LogP contribution in [0.25, 0.3) is 0 Å². The Morgan fingerprint density at radius 3 is 2.41 bits per heavy atom. The Bertz CT molecular complexity index is 512. The quantitative estimate of drug-likeness (QED) is 0.908. The maximum Gasteiger partial charge on any atom is 0.147 e. The molecule has 2 aromatic heterocycles. The molecule has 0 radical (unpaired) electrons. The zero-order chi connectivity index (χ0) is 12.6. The summed E-state index contributed by atoms with van der Waals surface area (Å²) in [5.41, 5.74) is 6.11. The number of hydrogen-bond donors (Lipinski definition) is 1. The van der Waals surface area contributed by atoms with Crippen molar-refractivity contribution < 1.29 is 0 Å². The molecule has 2 atom stereocenters. The molecule has 2 N–H and O–H groups in total. The summed E-state index contributed by atoms with van der Waals surface area (Å²) in [5.74, 6) is 1.71. The van der Waals surface area contributed by atoms with Gasteiger partial charge in [-0.25, -0.2) is 9.67 Å². The van der Waals surface area contributed by atoms with Gasteiger partial charge in [0.05, 0.1) is 0 Å². The fraction of sp³-hybridized carbons (Fsp3) is 0.500. The number of aryl methyl sites for hydroxylation is 3. The van der Waals surface area contributed by atoms with Gasteiger partial charge in [0.25, 0.3) is 0 Å². The van der Waals surface area contributed by atoms with Crippen LogP contribution in [0.15, 0.2) is 12.1 Å². The SMILES string of the molecule is Cc1nc(C)n(C(c2ccc(C)s2)C(C)N)n1. The number of rotatable bonds is 3. The molecule has 0 aliphatic rings. The van der Waals surface area contributed by atoms with Crippen LogP contribution < -0.4 is 5.73 Å². The number of aromatic nitrogens is 3. The highest BCUT2D eigenvalue weighted by atomic mass is 32.1. The summed E-state index contributed by atoms with van der Waals surface area (Å²) in [6.07, 6.45) is 0. The van der Waals surface area contributed by atoms with E-state index in [1.807, 2.05) is 25.5 Å². The summed E-state index contributed by atoms with van der Waals surface area (Å²) in [4.78, 5) is 6.88. The smallest absolute Gasteiger partial charge is 0.147 e. The van der Waals surface area contributed by atoms with Gasteiger partial charge in [0.2, 0.25) is 0 Å². The van der Waals surface area contributed by atoms with Gasteiger partial charge in [-0.05, 0) is 39.8 Å². The van der Waals surface area contributed by atoms with Crippen LogP contribution >= 0.6 is 11.3 Å². The van der Waals surface area contributed by atoms with Crippen LogP contribution in [0.5, 0.6) is 0 Å². The molecule has 2 aromatic rings. The third kappa shape index (κ3) is 2.40. The highest BCUT2D eigenvalue weighted by molar-refractivity contribution is 7.12. The molecule has 0 saturated carbocycles. The van der Waals surface area contributed by atoms with E-state index in [2.05, 4.69) is 29.1 Å². The van der Waals surface area contributed by atoms with Gasteiger partial charge in [-0.1, -0.05) is 0 Å². The number of hydrogen-bond acceptors (Lipinski definition) is 4. The fourth-order valence-corrected chi connectivity index (χ4v) is 3.09. The Kier molecular flexibility index (Phi) is 3.31. The van der Waals surface area contributed by atoms with E-state index in [1.165, 1.54) is 9.75 Å². The molecular weight excluding hydrogens is 232 g/mol. The van der Waals surface area contributed by atoms with E-state index >= 15 is 0 Å². The summed E-state index contributed by atoms with van der Waals surface area (Å²) in [6, 6.07) is 4.33. The molecular formula is C12H18N4S. The van der Waals surface area contributed by atoms with Crippen molar-refractivity contribution >= 4 is 11.3 Å². The van der Waals surface area contributed by atoms with Crippen molar-refractivity contribution in [2.45, 2.75) is 39.8 Å². The van der Waals surface area contributed by atoms with E-state index in [4.69, 9.17) is 5.73 Å². The first-order valence-corrected chi connectivity index (χ1v) is 6.52. The predicted octanol–water partition coefficient (Wildman–Crippen LogP) is 2.20. The van der Waals surface area contributed by atoms with E-state index in [0.29, 0.717) is 0 Å². The molecule has 17 heavy (non-hydrogen) atoms. The average molecular weight is 250 g/mol. The highest BCUT2D eigenvalue weighted by Crippen LogP contribution is 2.28. The first kappa shape index (κ1) is 12.3. The van der Waals surface area contributed by atoms with Gasteiger partial charge in [0.15, 0.2) is 0 Å². The molecule has 92 valence electrons. The van der Waals surface area contributed by atoms with E-state index < -0.39 is 0 Å². The topological polar surface area (TPSA) is 56.7 Å². The van der Waals surface area contributed by atoms with E-state index in [9.17, 15) is 0 Å². The first-order chi connectivity index (χ1) is 7.99. The summed E-state index contributed by atoms with van der Waals surface area (Å²) < 4.78 is 1.94. The van der Waals surface area contributed by atoms with E-state index in [-0.39, 0.29) is 12.1 Å². The maximum atomic E-state index is 6.11. The van der Waals surface area contributed by atoms with Crippen LogP contribution in [0.2, 0.25) is 0 Å². The minimum atomic E-state index is 0.00727. The van der Waals surface area contributed by atoms with E-state index in [0.717, 1.165) is 11.6 Å². The standard InChI is InChI=1S/C12H18N4S/c1-7-5-6-11(17-7)12(8(2)13)16-10(4)14-9(3)15-16/h5-6,8,12H,13H2,1-4H3. The Labute approximate surface area is 105 Å². The van der Waals surface area contributed by atoms with Crippen LogP contribution in [0.4, 0.5) is 0 Å². The molecule has 0 aliphatic heterocycles. The largest absolute Gasteiger partial charge is 0.326 e. The van der Waals surface area contributed by atoms with Gasteiger partial charge in [-0.3, -0.25) is 0 Å². The van der Waals surface area contributed by atoms with Gasteiger partial charge in [0.1, 0.15) is 17.7 Å². The van der Waals surface area contributed by atoms with Crippen LogP contribution in [0.1, 0.15) is 34.4 Å². The first-order valence-electron chi connectivity index (χ1n) is 5.70. The van der Waals surface area contributed by atoms with Crippen LogP contribution in [-0.2, 0) is 0 Å². The minimum Gasteiger partial charge on any atom is -0.326 e. The normalized spacial score (nSPS) is 14.9. The summed E-state index contributed by atoms with van der Waals surface area (Å²) in [7, 11) is 0. The predicted molar refractivity (Wildman–Crippen MR) is 70.3 cm³/mol. The average Bonchev–Trinajstić information content (AvgIpc) is 2.75. The zero-order valence-electron chi connectivity index (χ0n) is 10.6. The molecule has 2 unspecified atom stereocenters. The Morgan fingerprint density at radius 2 is 2.00 bits per heavy atom. The minimum absolute atomic E-state index is 0.00727. The summed E-state index contributed by atoms with van der Waals surface area (Å²) >= 11 is 1.77. The lowest BCUT2D eigenvalue weighted by Crippen LogP contribution is -2.31. The van der Waals surface area contributed by atoms with Crippen LogP contribution in [0.3, 0.4) is 0 Å². The van der Waals surface area contributed by atoms with Crippen LogP contribution in [0, 0.1) is 20.8 Å². The Morgan fingerprint density at radius 1 is 1.29 bits per heavy atom. The monoisotopic (exact) mass is 250 g/mol. The summed E-state index contributed by atoms with van der Waals surface area (Å²) in [6.45, 7) is 7.99. The second-order valence-corrected chi connectivity index (χ2v) is 5.72. The van der Waals surface area contributed by atoms with Gasteiger partial charge < -0.3 is 5.73 Å². The van der Waals surface area contributed by atoms with Crippen molar-refractivity contribution in [1.82, 2.24) is 14.8 Å². The lowest BCUT2D eigenvalue weighted by molar-refractivity contribution is 0.448. The van der Waals surface area contributed by atoms with Crippen molar-refractivity contribution in [2.75, 3.05) is 0 Å². The third-order valence-corrected chi connectivity index (χ3v) is 3.79. The van der Waals surface area contributed by atoms with Crippen molar-refractivity contribution in [2.24, 2.45) is 5.73 Å². The fourth-order valence-electron chi connectivity index (χ4n) is 2.01. The maximum absolute atomic E-state index is 6.11. The zero-order valence-corrected chi connectivity index (χ0v) is 11.5. The molecule has 2 heterocycles. The molecule has 2 rings (SSSR count). The Balaban J connectivity index is 2.46.